The maximum absolute atomic E-state index is 13.5. The molecule has 1 heterocycles. The van der Waals surface area contributed by atoms with Crippen LogP contribution in [0.3, 0.4) is 0 Å². The van der Waals surface area contributed by atoms with Gasteiger partial charge in [-0.1, -0.05) is 85.0 Å². The van der Waals surface area contributed by atoms with Gasteiger partial charge in [-0.2, -0.15) is 0 Å². The molecule has 1 saturated heterocycles. The Balaban J connectivity index is 1.42. The van der Waals surface area contributed by atoms with Gasteiger partial charge in [0.15, 0.2) is 0 Å². The van der Waals surface area contributed by atoms with Gasteiger partial charge in [-0.05, 0) is 80.8 Å². The molecule has 1 atom stereocenters. The number of allylic oxidation sites excluding steroid dienone is 3. The Kier molecular flexibility index (Phi) is 10.8. The normalized spacial score (nSPS) is 15.5. The van der Waals surface area contributed by atoms with Crippen LogP contribution in [0.25, 0.3) is 0 Å². The van der Waals surface area contributed by atoms with Crippen molar-refractivity contribution in [1.29, 1.82) is 0 Å². The van der Waals surface area contributed by atoms with E-state index >= 15 is 0 Å². The van der Waals surface area contributed by atoms with Gasteiger partial charge in [0, 0.05) is 38.1 Å². The number of aryl methyl sites for hydroxylation is 2. The minimum absolute atomic E-state index is 0.161. The second kappa shape index (κ2) is 14.7. The predicted molar refractivity (Wildman–Crippen MR) is 169 cm³/mol. The molecule has 4 nitrogen and oxygen atoms in total. The van der Waals surface area contributed by atoms with E-state index in [4.69, 9.17) is 0 Å². The summed E-state index contributed by atoms with van der Waals surface area (Å²) in [6.45, 7) is 8.68. The van der Waals surface area contributed by atoms with Gasteiger partial charge in [-0.25, -0.2) is 0 Å². The Hall–Kier alpha value is -3.63. The number of piperidine rings is 1. The fourth-order valence-corrected chi connectivity index (χ4v) is 5.59. The van der Waals surface area contributed by atoms with E-state index in [-0.39, 0.29) is 18.0 Å². The lowest BCUT2D eigenvalue weighted by Crippen LogP contribution is -2.48. The number of para-hydroxylation sites is 1. The summed E-state index contributed by atoms with van der Waals surface area (Å²) in [5.41, 5.74) is 6.37. The Morgan fingerprint density at radius 3 is 2.17 bits per heavy atom. The zero-order valence-electron chi connectivity index (χ0n) is 24.7. The fourth-order valence-electron chi connectivity index (χ4n) is 5.59. The highest BCUT2D eigenvalue weighted by Crippen LogP contribution is 2.33. The van der Waals surface area contributed by atoms with Gasteiger partial charge in [0.25, 0.3) is 0 Å². The predicted octanol–water partition coefficient (Wildman–Crippen LogP) is 7.69. The van der Waals surface area contributed by atoms with E-state index < -0.39 is 0 Å². The Bertz CT molecular complexity index is 1260. The summed E-state index contributed by atoms with van der Waals surface area (Å²) in [5.74, 6) is 0.161. The molecule has 1 fully saturated rings. The third-order valence-corrected chi connectivity index (χ3v) is 8.18. The second-order valence-corrected chi connectivity index (χ2v) is 10.9. The molecule has 3 aromatic rings. The van der Waals surface area contributed by atoms with Gasteiger partial charge in [-0.3, -0.25) is 9.69 Å². The van der Waals surface area contributed by atoms with Crippen molar-refractivity contribution in [3.05, 3.63) is 126 Å². The van der Waals surface area contributed by atoms with Gasteiger partial charge in [0.1, 0.15) is 6.54 Å². The molecule has 40 heavy (non-hydrogen) atoms. The monoisotopic (exact) mass is 535 g/mol. The van der Waals surface area contributed by atoms with E-state index in [9.17, 15) is 4.79 Å². The van der Waals surface area contributed by atoms with Crippen LogP contribution >= 0.6 is 0 Å². The van der Waals surface area contributed by atoms with Crippen molar-refractivity contribution in [3.63, 3.8) is 0 Å². The lowest BCUT2D eigenvalue weighted by Gasteiger charge is -2.41. The molecule has 0 radical (unpaired) electrons. The number of anilines is 1. The van der Waals surface area contributed by atoms with Gasteiger partial charge in [0.05, 0.1) is 6.04 Å². The van der Waals surface area contributed by atoms with Crippen molar-refractivity contribution in [1.82, 2.24) is 9.80 Å². The molecule has 1 amide bonds. The standard InChI is InChI=1S/C36H45N3O/c1-5-6-7-8-15-24-39(34-18-13-10-14-19-34)28-35(40)37(4)33-22-25-38(26-23-33)36(31-16-11-9-12-17-31)32-21-20-29(2)30(3)27-32/h5-6,9-21,24,27,33,36H,7-8,22-23,25-26,28H2,1-4H3/b6-5-,24-15+. The number of amides is 1. The zero-order valence-corrected chi connectivity index (χ0v) is 24.7. The minimum Gasteiger partial charge on any atom is -0.341 e. The first-order valence-electron chi connectivity index (χ1n) is 14.7. The molecule has 1 unspecified atom stereocenters. The highest BCUT2D eigenvalue weighted by Gasteiger charge is 2.30. The number of nitrogens with zero attached hydrogens (tertiary/aromatic N) is 3. The fraction of sp³-hybridized carbons (Fsp3) is 0.361. The van der Waals surface area contributed by atoms with Crippen molar-refractivity contribution in [2.75, 3.05) is 31.6 Å². The topological polar surface area (TPSA) is 26.8 Å². The first-order chi connectivity index (χ1) is 19.5. The molecule has 4 rings (SSSR count). The summed E-state index contributed by atoms with van der Waals surface area (Å²) >= 11 is 0. The number of benzene rings is 3. The second-order valence-electron chi connectivity index (χ2n) is 10.9. The number of carbonyl (C=O) groups is 1. The van der Waals surface area contributed by atoms with Crippen LogP contribution in [0.2, 0.25) is 0 Å². The summed E-state index contributed by atoms with van der Waals surface area (Å²) in [7, 11) is 1.99. The molecule has 0 bridgehead atoms. The lowest BCUT2D eigenvalue weighted by atomic mass is 9.92. The molecular weight excluding hydrogens is 490 g/mol. The van der Waals surface area contributed by atoms with E-state index in [1.165, 1.54) is 22.3 Å². The highest BCUT2D eigenvalue weighted by atomic mass is 16.2. The molecule has 1 aliphatic heterocycles. The third-order valence-electron chi connectivity index (χ3n) is 8.18. The quantitative estimate of drug-likeness (QED) is 0.186. The van der Waals surface area contributed by atoms with E-state index in [1.807, 2.05) is 37.1 Å². The summed E-state index contributed by atoms with van der Waals surface area (Å²) < 4.78 is 0. The summed E-state index contributed by atoms with van der Waals surface area (Å²) in [4.78, 5) is 20.2. The molecule has 4 heteroatoms. The minimum atomic E-state index is 0.161. The first-order valence-corrected chi connectivity index (χ1v) is 14.7. The maximum Gasteiger partial charge on any atom is 0.242 e. The van der Waals surface area contributed by atoms with E-state index in [2.05, 4.69) is 109 Å². The van der Waals surface area contributed by atoms with Crippen LogP contribution in [0.15, 0.2) is 103 Å². The molecule has 210 valence electrons. The van der Waals surface area contributed by atoms with Crippen LogP contribution in [0, 0.1) is 13.8 Å². The van der Waals surface area contributed by atoms with Crippen LogP contribution in [-0.2, 0) is 4.79 Å². The van der Waals surface area contributed by atoms with E-state index in [1.54, 1.807) is 0 Å². The van der Waals surface area contributed by atoms with E-state index in [0.717, 1.165) is 44.5 Å². The number of hydrogen-bond donors (Lipinski definition) is 0. The number of carbonyl (C=O) groups excluding carboxylic acids is 1. The van der Waals surface area contributed by atoms with Gasteiger partial charge in [0.2, 0.25) is 5.91 Å². The lowest BCUT2D eigenvalue weighted by molar-refractivity contribution is -0.131. The first kappa shape index (κ1) is 29.4. The molecule has 1 aliphatic rings. The zero-order chi connectivity index (χ0) is 28.3. The Morgan fingerprint density at radius 2 is 1.52 bits per heavy atom. The van der Waals surface area contributed by atoms with Crippen molar-refractivity contribution in [2.45, 2.75) is 58.5 Å². The van der Waals surface area contributed by atoms with Crippen LogP contribution in [0.5, 0.6) is 0 Å². The number of unbranched alkanes of at least 4 members (excludes halogenated alkanes) is 1. The highest BCUT2D eigenvalue weighted by molar-refractivity contribution is 5.82. The number of rotatable bonds is 11. The average Bonchev–Trinajstić information content (AvgIpc) is 2.99. The van der Waals surface area contributed by atoms with Gasteiger partial charge in [-0.15, -0.1) is 0 Å². The van der Waals surface area contributed by atoms with Crippen molar-refractivity contribution in [2.24, 2.45) is 0 Å². The van der Waals surface area contributed by atoms with Crippen LogP contribution in [0.4, 0.5) is 5.69 Å². The maximum atomic E-state index is 13.5. The van der Waals surface area contributed by atoms with Crippen molar-refractivity contribution >= 4 is 11.6 Å². The average molecular weight is 536 g/mol. The summed E-state index contributed by atoms with van der Waals surface area (Å²) in [6, 6.07) is 28.4. The van der Waals surface area contributed by atoms with Crippen LogP contribution < -0.4 is 4.90 Å². The molecule has 3 aromatic carbocycles. The molecule has 0 aliphatic carbocycles. The molecule has 0 saturated carbocycles. The number of likely N-dealkylation sites (N-methyl/N-ethyl adjacent to an activating group) is 1. The number of likely N-dealkylation sites (tertiary alicyclic amines) is 1. The molecule has 0 N–H and O–H groups in total. The van der Waals surface area contributed by atoms with Crippen molar-refractivity contribution in [3.8, 4) is 0 Å². The van der Waals surface area contributed by atoms with Crippen LogP contribution in [0.1, 0.15) is 60.9 Å². The SMILES string of the molecule is C/C=C\CC/C=C/N(CC(=O)N(C)C1CCN(C(c2ccccc2)c2ccc(C)c(C)c2)CC1)c1ccccc1. The Labute approximate surface area is 241 Å². The summed E-state index contributed by atoms with van der Waals surface area (Å²) in [5, 5.41) is 0. The summed E-state index contributed by atoms with van der Waals surface area (Å²) in [6.07, 6.45) is 12.4. The van der Waals surface area contributed by atoms with Crippen molar-refractivity contribution < 1.29 is 4.79 Å². The van der Waals surface area contributed by atoms with Gasteiger partial charge < -0.3 is 9.80 Å². The largest absolute Gasteiger partial charge is 0.341 e. The molecule has 0 aromatic heterocycles. The smallest absolute Gasteiger partial charge is 0.242 e. The van der Waals surface area contributed by atoms with E-state index in [0.29, 0.717) is 6.54 Å². The van der Waals surface area contributed by atoms with Gasteiger partial charge >= 0.3 is 0 Å². The molecule has 0 spiro atoms. The van der Waals surface area contributed by atoms with Crippen LogP contribution in [-0.4, -0.2) is 48.4 Å². The third kappa shape index (κ3) is 7.73. The molecular formula is C36H45N3O. The Morgan fingerprint density at radius 1 is 0.875 bits per heavy atom. The number of hydrogen-bond acceptors (Lipinski definition) is 3.